The Morgan fingerprint density at radius 3 is 2.45 bits per heavy atom. The van der Waals surface area contributed by atoms with E-state index in [4.69, 9.17) is 4.74 Å². The summed E-state index contributed by atoms with van der Waals surface area (Å²) in [5, 5.41) is 10.0. The van der Waals surface area contributed by atoms with E-state index in [0.717, 1.165) is 20.8 Å². The zero-order valence-corrected chi connectivity index (χ0v) is 15.5. The molecule has 3 saturated heterocycles. The van der Waals surface area contributed by atoms with Crippen molar-refractivity contribution in [3.63, 3.8) is 0 Å². The molecule has 4 fully saturated rings. The minimum Gasteiger partial charge on any atom is -1.00 e. The molecule has 2 N–H and O–H groups in total. The summed E-state index contributed by atoms with van der Waals surface area (Å²) < 4.78 is 6.70. The van der Waals surface area contributed by atoms with Crippen molar-refractivity contribution < 1.29 is 27.2 Å². The number of phenols is 1. The average molecular weight is 434 g/mol. The molecule has 0 aromatic heterocycles. The number of ether oxygens (including phenoxy) is 1. The number of methoxy groups -OCH3 is 1. The normalized spacial score (nSPS) is 31.8. The third-order valence-corrected chi connectivity index (χ3v) is 6.35. The summed E-state index contributed by atoms with van der Waals surface area (Å²) in [7, 11) is 1.77. The van der Waals surface area contributed by atoms with Gasteiger partial charge in [-0.15, -0.1) is 0 Å². The van der Waals surface area contributed by atoms with Crippen LogP contribution >= 0.6 is 22.6 Å². The highest BCUT2D eigenvalue weighted by Crippen LogP contribution is 2.44. The van der Waals surface area contributed by atoms with Gasteiger partial charge in [0.15, 0.2) is 0 Å². The molecular weight excluding hydrogens is 413 g/mol. The van der Waals surface area contributed by atoms with Crippen LogP contribution in [0.5, 0.6) is 5.75 Å². The largest absolute Gasteiger partial charge is 1.00 e. The standard InChI is InChI=1S/C17H20INO2.ClH/c1-21-17(11-2-3-14(18)15(20)6-11)16-12-4-10-5-13(16)9-19(7-10)8-12;/h2-3,6,10,12-13,20H,4-5,7-9H2,1H3;1H. The highest BCUT2D eigenvalue weighted by molar-refractivity contribution is 14.1. The Kier molecular flexibility index (Phi) is 4.63. The molecule has 0 spiro atoms. The van der Waals surface area contributed by atoms with Gasteiger partial charge >= 0.3 is 0 Å². The van der Waals surface area contributed by atoms with Crippen LogP contribution in [-0.4, -0.2) is 31.9 Å². The lowest BCUT2D eigenvalue weighted by Gasteiger charge is -2.50. The van der Waals surface area contributed by atoms with Crippen LogP contribution in [0, 0.1) is 21.3 Å². The van der Waals surface area contributed by atoms with Gasteiger partial charge < -0.3 is 27.2 Å². The lowest BCUT2D eigenvalue weighted by Crippen LogP contribution is -3.17. The number of hydrogen-bond acceptors (Lipinski definition) is 2. The quantitative estimate of drug-likeness (QED) is 0.459. The molecule has 0 amide bonds. The average Bonchev–Trinajstić information content (AvgIpc) is 2.45. The molecule has 2 atom stereocenters. The zero-order valence-electron chi connectivity index (χ0n) is 12.6. The number of nitrogens with one attached hydrogen (secondary N) is 1. The second kappa shape index (κ2) is 6.21. The molecule has 3 heterocycles. The van der Waals surface area contributed by atoms with Crippen molar-refractivity contribution in [2.45, 2.75) is 12.8 Å². The lowest BCUT2D eigenvalue weighted by atomic mass is 9.64. The summed E-state index contributed by atoms with van der Waals surface area (Å²) >= 11 is 2.16. The van der Waals surface area contributed by atoms with Gasteiger partial charge in [0.25, 0.3) is 0 Å². The Hall–Kier alpha value is -0.460. The van der Waals surface area contributed by atoms with Gasteiger partial charge in [0.1, 0.15) is 11.5 Å². The third-order valence-electron chi connectivity index (χ3n) is 5.44. The Bertz CT molecular complexity index is 587. The van der Waals surface area contributed by atoms with Gasteiger partial charge in [-0.25, -0.2) is 0 Å². The molecule has 4 bridgehead atoms. The van der Waals surface area contributed by atoms with Crippen molar-refractivity contribution >= 4 is 28.4 Å². The molecule has 1 aliphatic carbocycles. The summed E-state index contributed by atoms with van der Waals surface area (Å²) in [4.78, 5) is 1.79. The minimum atomic E-state index is 0. The first-order chi connectivity index (χ1) is 10.2. The van der Waals surface area contributed by atoms with Crippen molar-refractivity contribution in [1.29, 1.82) is 0 Å². The van der Waals surface area contributed by atoms with Gasteiger partial charge in [-0.2, -0.15) is 0 Å². The van der Waals surface area contributed by atoms with Crippen molar-refractivity contribution in [2.75, 3.05) is 26.7 Å². The third kappa shape index (κ3) is 2.63. The SMILES string of the molecule is COC(=C1C2CC3CC1C[NH+](C3)C2)c1ccc(I)c(O)c1.[Cl-]. The maximum absolute atomic E-state index is 10.0. The van der Waals surface area contributed by atoms with Crippen LogP contribution in [0.2, 0.25) is 0 Å². The Morgan fingerprint density at radius 2 is 1.91 bits per heavy atom. The predicted octanol–water partition coefficient (Wildman–Crippen LogP) is -1.09. The fourth-order valence-electron chi connectivity index (χ4n) is 4.82. The van der Waals surface area contributed by atoms with E-state index in [9.17, 15) is 5.11 Å². The summed E-state index contributed by atoms with van der Waals surface area (Å²) in [6.07, 6.45) is 2.66. The molecule has 120 valence electrons. The van der Waals surface area contributed by atoms with E-state index in [1.807, 2.05) is 12.1 Å². The number of phenolic OH excluding ortho intramolecular Hbond substituents is 1. The number of benzene rings is 1. The van der Waals surface area contributed by atoms with Crippen molar-refractivity contribution in [2.24, 2.45) is 17.8 Å². The molecule has 5 rings (SSSR count). The summed E-state index contributed by atoms with van der Waals surface area (Å²) in [6, 6.07) is 5.90. The number of aromatic hydroxyl groups is 1. The fourth-order valence-corrected chi connectivity index (χ4v) is 5.16. The first-order valence-electron chi connectivity index (χ1n) is 7.76. The van der Waals surface area contributed by atoms with Crippen LogP contribution in [-0.2, 0) is 4.74 Å². The first-order valence-corrected chi connectivity index (χ1v) is 8.84. The van der Waals surface area contributed by atoms with Gasteiger partial charge in [-0.1, -0.05) is 0 Å². The Balaban J connectivity index is 0.00000144. The van der Waals surface area contributed by atoms with Crippen molar-refractivity contribution in [1.82, 2.24) is 0 Å². The highest BCUT2D eigenvalue weighted by Gasteiger charge is 2.48. The lowest BCUT2D eigenvalue weighted by molar-refractivity contribution is -0.925. The molecule has 4 aliphatic rings. The molecule has 1 aromatic rings. The fraction of sp³-hybridized carbons (Fsp3) is 0.529. The second-order valence-corrected chi connectivity index (χ2v) is 7.91. The molecule has 22 heavy (non-hydrogen) atoms. The second-order valence-electron chi connectivity index (χ2n) is 6.75. The number of quaternary nitrogens is 1. The summed E-state index contributed by atoms with van der Waals surface area (Å²) in [5.41, 5.74) is 2.56. The summed E-state index contributed by atoms with van der Waals surface area (Å²) in [6.45, 7) is 3.92. The first kappa shape index (κ1) is 16.4. The van der Waals surface area contributed by atoms with Crippen LogP contribution in [0.3, 0.4) is 0 Å². The van der Waals surface area contributed by atoms with Crippen LogP contribution in [0.25, 0.3) is 5.76 Å². The van der Waals surface area contributed by atoms with E-state index in [0.29, 0.717) is 17.6 Å². The van der Waals surface area contributed by atoms with Gasteiger partial charge in [0, 0.05) is 23.3 Å². The smallest absolute Gasteiger partial charge is 0.129 e. The van der Waals surface area contributed by atoms with Crippen LogP contribution in [0.1, 0.15) is 18.4 Å². The van der Waals surface area contributed by atoms with E-state index in [1.54, 1.807) is 12.0 Å². The van der Waals surface area contributed by atoms with Crippen LogP contribution in [0.15, 0.2) is 23.8 Å². The van der Waals surface area contributed by atoms with E-state index in [-0.39, 0.29) is 12.4 Å². The molecule has 3 nitrogen and oxygen atoms in total. The van der Waals surface area contributed by atoms with E-state index in [1.165, 1.54) is 38.0 Å². The zero-order chi connectivity index (χ0) is 14.6. The maximum atomic E-state index is 10.0. The minimum absolute atomic E-state index is 0. The highest BCUT2D eigenvalue weighted by atomic mass is 127. The van der Waals surface area contributed by atoms with Gasteiger partial charge in [-0.3, -0.25) is 0 Å². The number of halogens is 2. The molecule has 5 heteroatoms. The number of rotatable bonds is 2. The topological polar surface area (TPSA) is 33.9 Å². The Morgan fingerprint density at radius 1 is 1.23 bits per heavy atom. The predicted molar refractivity (Wildman–Crippen MR) is 90.0 cm³/mol. The van der Waals surface area contributed by atoms with Crippen LogP contribution in [0.4, 0.5) is 0 Å². The van der Waals surface area contributed by atoms with Crippen molar-refractivity contribution in [3.05, 3.63) is 32.9 Å². The van der Waals surface area contributed by atoms with E-state index >= 15 is 0 Å². The molecule has 0 radical (unpaired) electrons. The monoisotopic (exact) mass is 433 g/mol. The van der Waals surface area contributed by atoms with Gasteiger partial charge in [0.05, 0.1) is 30.3 Å². The van der Waals surface area contributed by atoms with Gasteiger partial charge in [0.2, 0.25) is 0 Å². The number of piperidine rings is 3. The molecule has 1 saturated carbocycles. The van der Waals surface area contributed by atoms with Crippen LogP contribution < -0.4 is 17.3 Å². The van der Waals surface area contributed by atoms with E-state index < -0.39 is 0 Å². The molecule has 2 unspecified atom stereocenters. The molecule has 1 aromatic carbocycles. The Labute approximate surface area is 151 Å². The van der Waals surface area contributed by atoms with Gasteiger partial charge in [-0.05, 0) is 59.2 Å². The van der Waals surface area contributed by atoms with Crippen molar-refractivity contribution in [3.8, 4) is 5.75 Å². The van der Waals surface area contributed by atoms with E-state index in [2.05, 4.69) is 28.7 Å². The summed E-state index contributed by atoms with van der Waals surface area (Å²) in [5.74, 6) is 3.66. The molecule has 3 aliphatic heterocycles. The molecular formula is C17H21ClINO2. The number of hydrogen-bond donors (Lipinski definition) is 2. The maximum Gasteiger partial charge on any atom is 0.129 e.